The topological polar surface area (TPSA) is 26.3 Å². The van der Waals surface area contributed by atoms with Crippen molar-refractivity contribution in [3.8, 4) is 0 Å². The maximum Gasteiger partial charge on any atom is 0.341 e. The van der Waals surface area contributed by atoms with Gasteiger partial charge in [0.25, 0.3) is 0 Å². The monoisotopic (exact) mass is 282 g/mol. The number of carbonyl (C=O) groups excluding carboxylic acids is 1. The summed E-state index contributed by atoms with van der Waals surface area (Å²) < 4.78 is 31.6. The van der Waals surface area contributed by atoms with E-state index in [1.165, 1.54) is 0 Å². The van der Waals surface area contributed by atoms with Gasteiger partial charge in [-0.05, 0) is 26.8 Å². The SMILES string of the molecule is CC(C)(C)OC(=O)c1cc(Cl)c(F)c(Cl)c1F. The summed E-state index contributed by atoms with van der Waals surface area (Å²) in [4.78, 5) is 11.6. The van der Waals surface area contributed by atoms with E-state index in [-0.39, 0.29) is 0 Å². The lowest BCUT2D eigenvalue weighted by Gasteiger charge is -2.19. The number of esters is 1. The first kappa shape index (κ1) is 14.2. The van der Waals surface area contributed by atoms with Gasteiger partial charge in [0.2, 0.25) is 0 Å². The van der Waals surface area contributed by atoms with Crippen LogP contribution in [0.15, 0.2) is 6.07 Å². The molecule has 0 aliphatic heterocycles. The summed E-state index contributed by atoms with van der Waals surface area (Å²) >= 11 is 10.8. The zero-order valence-corrected chi connectivity index (χ0v) is 10.9. The quantitative estimate of drug-likeness (QED) is 0.438. The number of benzene rings is 1. The second-order valence-corrected chi connectivity index (χ2v) is 5.13. The van der Waals surface area contributed by atoms with Crippen molar-refractivity contribution >= 4 is 29.2 Å². The van der Waals surface area contributed by atoms with E-state index in [0.29, 0.717) is 0 Å². The Morgan fingerprint density at radius 2 is 1.76 bits per heavy atom. The summed E-state index contributed by atoms with van der Waals surface area (Å²) in [5, 5.41) is -1.25. The summed E-state index contributed by atoms with van der Waals surface area (Å²) in [6.45, 7) is 4.86. The minimum atomic E-state index is -1.18. The molecule has 1 rings (SSSR count). The van der Waals surface area contributed by atoms with Crippen molar-refractivity contribution in [3.63, 3.8) is 0 Å². The van der Waals surface area contributed by atoms with Gasteiger partial charge < -0.3 is 4.74 Å². The van der Waals surface area contributed by atoms with Crippen molar-refractivity contribution in [2.45, 2.75) is 26.4 Å². The van der Waals surface area contributed by atoms with E-state index in [1.807, 2.05) is 0 Å². The highest BCUT2D eigenvalue weighted by Gasteiger charge is 2.25. The number of ether oxygens (including phenoxy) is 1. The number of hydrogen-bond acceptors (Lipinski definition) is 2. The minimum absolute atomic E-state index is 0.433. The van der Waals surface area contributed by atoms with E-state index in [2.05, 4.69) is 0 Å². The second kappa shape index (κ2) is 4.78. The third-order valence-electron chi connectivity index (χ3n) is 1.72. The Kier molecular flexibility index (Phi) is 3.99. The standard InChI is InChI=1S/C11H10Cl2F2O2/c1-11(2,3)17-10(16)5-4-6(12)9(15)7(13)8(5)14/h4H,1-3H3. The molecule has 0 bridgehead atoms. The summed E-state index contributed by atoms with van der Waals surface area (Å²) in [5.41, 5.74) is -1.28. The molecular formula is C11H10Cl2F2O2. The lowest BCUT2D eigenvalue weighted by Crippen LogP contribution is -2.24. The lowest BCUT2D eigenvalue weighted by atomic mass is 10.1. The van der Waals surface area contributed by atoms with Crippen LogP contribution in [0.25, 0.3) is 0 Å². The van der Waals surface area contributed by atoms with Crippen LogP contribution in [0.3, 0.4) is 0 Å². The Bertz CT molecular complexity index is 468. The number of carbonyl (C=O) groups is 1. The van der Waals surface area contributed by atoms with Crippen molar-refractivity contribution < 1.29 is 18.3 Å². The van der Waals surface area contributed by atoms with E-state index in [0.717, 1.165) is 6.07 Å². The average molecular weight is 283 g/mol. The first-order valence-corrected chi connectivity index (χ1v) is 5.45. The Morgan fingerprint density at radius 3 is 2.24 bits per heavy atom. The molecule has 0 unspecified atom stereocenters. The van der Waals surface area contributed by atoms with Crippen molar-refractivity contribution in [2.24, 2.45) is 0 Å². The molecule has 0 spiro atoms. The van der Waals surface area contributed by atoms with Crippen LogP contribution in [0.1, 0.15) is 31.1 Å². The summed E-state index contributed by atoms with van der Waals surface area (Å²) in [6, 6.07) is 0.853. The third kappa shape index (κ3) is 3.30. The number of halogens is 4. The van der Waals surface area contributed by atoms with Gasteiger partial charge in [0.15, 0.2) is 11.6 Å². The first-order valence-electron chi connectivity index (χ1n) is 4.70. The Hall–Kier alpha value is -0.870. The van der Waals surface area contributed by atoms with Crippen LogP contribution >= 0.6 is 23.2 Å². The molecule has 0 fully saturated rings. The molecule has 0 aliphatic carbocycles. The maximum atomic E-state index is 13.5. The molecule has 94 valence electrons. The van der Waals surface area contributed by atoms with Crippen molar-refractivity contribution in [3.05, 3.63) is 33.3 Å². The molecule has 0 heterocycles. The predicted molar refractivity (Wildman–Crippen MR) is 61.5 cm³/mol. The van der Waals surface area contributed by atoms with Crippen molar-refractivity contribution in [1.82, 2.24) is 0 Å². The van der Waals surface area contributed by atoms with E-state index in [9.17, 15) is 13.6 Å². The zero-order chi connectivity index (χ0) is 13.4. The predicted octanol–water partition coefficient (Wildman–Crippen LogP) is 4.23. The van der Waals surface area contributed by atoms with Gasteiger partial charge in [0.05, 0.1) is 10.6 Å². The molecule has 0 saturated heterocycles. The molecule has 17 heavy (non-hydrogen) atoms. The maximum absolute atomic E-state index is 13.5. The smallest absolute Gasteiger partial charge is 0.341 e. The summed E-state index contributed by atoms with van der Waals surface area (Å²) in [7, 11) is 0. The fourth-order valence-corrected chi connectivity index (χ4v) is 1.51. The van der Waals surface area contributed by atoms with Gasteiger partial charge in [-0.1, -0.05) is 23.2 Å². The number of hydrogen-bond donors (Lipinski definition) is 0. The molecule has 0 radical (unpaired) electrons. The fraction of sp³-hybridized carbons (Fsp3) is 0.364. The Morgan fingerprint density at radius 1 is 1.24 bits per heavy atom. The van der Waals surface area contributed by atoms with Crippen LogP contribution in [0.4, 0.5) is 8.78 Å². The molecule has 0 atom stereocenters. The second-order valence-electron chi connectivity index (χ2n) is 4.35. The molecule has 2 nitrogen and oxygen atoms in total. The van der Waals surface area contributed by atoms with Gasteiger partial charge in [-0.2, -0.15) is 0 Å². The highest BCUT2D eigenvalue weighted by Crippen LogP contribution is 2.29. The average Bonchev–Trinajstić information content (AvgIpc) is 2.17. The molecule has 0 N–H and O–H groups in total. The van der Waals surface area contributed by atoms with Gasteiger partial charge >= 0.3 is 5.97 Å². The molecule has 1 aromatic rings. The highest BCUT2D eigenvalue weighted by molar-refractivity contribution is 6.35. The van der Waals surface area contributed by atoms with Gasteiger partial charge in [-0.3, -0.25) is 0 Å². The fourth-order valence-electron chi connectivity index (χ4n) is 1.05. The third-order valence-corrected chi connectivity index (χ3v) is 2.33. The molecule has 0 aliphatic rings. The zero-order valence-electron chi connectivity index (χ0n) is 9.41. The van der Waals surface area contributed by atoms with Crippen LogP contribution in [0.5, 0.6) is 0 Å². The molecule has 1 aromatic carbocycles. The largest absolute Gasteiger partial charge is 0.456 e. The van der Waals surface area contributed by atoms with Crippen LogP contribution in [0, 0.1) is 11.6 Å². The lowest BCUT2D eigenvalue weighted by molar-refractivity contribution is 0.00646. The van der Waals surface area contributed by atoms with Crippen molar-refractivity contribution in [2.75, 3.05) is 0 Å². The van der Waals surface area contributed by atoms with Crippen LogP contribution in [0.2, 0.25) is 10.0 Å². The number of rotatable bonds is 1. The van der Waals surface area contributed by atoms with Crippen molar-refractivity contribution in [1.29, 1.82) is 0 Å². The van der Waals surface area contributed by atoms with Crippen LogP contribution in [-0.2, 0) is 4.74 Å². The van der Waals surface area contributed by atoms with E-state index >= 15 is 0 Å². The first-order chi connectivity index (χ1) is 7.63. The molecular weight excluding hydrogens is 273 g/mol. The van der Waals surface area contributed by atoms with Crippen LogP contribution in [-0.4, -0.2) is 11.6 Å². The molecule has 0 amide bonds. The summed E-state index contributed by atoms with van der Waals surface area (Å²) in [6.07, 6.45) is 0. The van der Waals surface area contributed by atoms with Gasteiger partial charge in [-0.25, -0.2) is 13.6 Å². The Balaban J connectivity index is 3.20. The van der Waals surface area contributed by atoms with Gasteiger partial charge in [0, 0.05) is 0 Å². The summed E-state index contributed by atoms with van der Waals surface area (Å²) in [5.74, 6) is -3.22. The molecule has 0 aromatic heterocycles. The molecule has 6 heteroatoms. The molecule has 0 saturated carbocycles. The normalized spacial score (nSPS) is 11.5. The van der Waals surface area contributed by atoms with E-state index < -0.39 is 38.8 Å². The van der Waals surface area contributed by atoms with Gasteiger partial charge in [0.1, 0.15) is 10.6 Å². The van der Waals surface area contributed by atoms with Crippen LogP contribution < -0.4 is 0 Å². The minimum Gasteiger partial charge on any atom is -0.456 e. The van der Waals surface area contributed by atoms with Gasteiger partial charge in [-0.15, -0.1) is 0 Å². The van der Waals surface area contributed by atoms with E-state index in [1.54, 1.807) is 20.8 Å². The Labute approximate surface area is 107 Å². The highest BCUT2D eigenvalue weighted by atomic mass is 35.5. The van der Waals surface area contributed by atoms with E-state index in [4.69, 9.17) is 27.9 Å².